The molecule has 3 aliphatic heterocycles. The number of aliphatic imine (C=N–C) groups is 1. The number of piperazine rings is 1. The standard InChI is InChI=1S/C23H24BrFN6O3S/c1-2-34-22(32)18-17(12-30-6-7-31-14(11-30)10-27-23(31)33)28-20(21-26-5-8-35-21)29-19(18)15-4-3-13(25)9-16(15)24/h3-5,8-9,14,19H,2,6-7,10-12H2,1H3,(H,27,33)(H,28,29)/t14-,19+/m1/s1. The highest BCUT2D eigenvalue weighted by Gasteiger charge is 2.38. The third-order valence-corrected chi connectivity index (χ3v) is 7.68. The summed E-state index contributed by atoms with van der Waals surface area (Å²) in [7, 11) is 0. The maximum atomic E-state index is 13.9. The average Bonchev–Trinajstić information content (AvgIpc) is 3.49. The number of hydrogen-bond donors (Lipinski definition) is 2. The van der Waals surface area contributed by atoms with Crippen LogP contribution in [0.1, 0.15) is 23.5 Å². The summed E-state index contributed by atoms with van der Waals surface area (Å²) >= 11 is 4.88. The largest absolute Gasteiger partial charge is 0.463 e. The minimum atomic E-state index is -0.713. The maximum Gasteiger partial charge on any atom is 0.338 e. The fourth-order valence-corrected chi connectivity index (χ4v) is 5.76. The summed E-state index contributed by atoms with van der Waals surface area (Å²) in [4.78, 5) is 38.6. The zero-order chi connectivity index (χ0) is 24.5. The lowest BCUT2D eigenvalue weighted by Gasteiger charge is -2.38. The minimum absolute atomic E-state index is 0.0312. The molecule has 0 radical (unpaired) electrons. The number of carbonyl (C=O) groups excluding carboxylic acids is 2. The van der Waals surface area contributed by atoms with E-state index in [1.807, 2.05) is 10.3 Å². The molecule has 0 saturated carbocycles. The van der Waals surface area contributed by atoms with Crippen LogP contribution in [0.25, 0.3) is 0 Å². The molecular formula is C23H24BrFN6O3S. The smallest absolute Gasteiger partial charge is 0.338 e. The first kappa shape index (κ1) is 23.9. The molecule has 184 valence electrons. The Labute approximate surface area is 214 Å². The second-order valence-corrected chi connectivity index (χ2v) is 10.1. The molecule has 9 nitrogen and oxygen atoms in total. The fraction of sp³-hybridized carbons (Fsp3) is 0.391. The van der Waals surface area contributed by atoms with Gasteiger partial charge in [0, 0.05) is 54.5 Å². The van der Waals surface area contributed by atoms with Crippen molar-refractivity contribution in [2.45, 2.75) is 19.0 Å². The first-order chi connectivity index (χ1) is 16.9. The van der Waals surface area contributed by atoms with Crippen molar-refractivity contribution in [2.75, 3.05) is 39.3 Å². The van der Waals surface area contributed by atoms with Crippen LogP contribution in [0.5, 0.6) is 0 Å². The van der Waals surface area contributed by atoms with Crippen LogP contribution in [0.3, 0.4) is 0 Å². The van der Waals surface area contributed by atoms with Crippen molar-refractivity contribution in [2.24, 2.45) is 4.99 Å². The molecule has 2 aromatic rings. The number of amides is 2. The number of carbonyl (C=O) groups is 2. The van der Waals surface area contributed by atoms with E-state index in [2.05, 4.69) is 36.4 Å². The third-order valence-electron chi connectivity index (χ3n) is 6.21. The molecule has 2 fully saturated rings. The van der Waals surface area contributed by atoms with Gasteiger partial charge in [-0.15, -0.1) is 11.3 Å². The Balaban J connectivity index is 1.54. The first-order valence-corrected chi connectivity index (χ1v) is 13.0. The number of hydrogen-bond acceptors (Lipinski definition) is 8. The van der Waals surface area contributed by atoms with E-state index < -0.39 is 17.8 Å². The number of nitrogens with zero attached hydrogens (tertiary/aromatic N) is 4. The van der Waals surface area contributed by atoms with Crippen LogP contribution in [0.15, 0.2) is 50.5 Å². The van der Waals surface area contributed by atoms with Gasteiger partial charge >= 0.3 is 12.0 Å². The summed E-state index contributed by atoms with van der Waals surface area (Å²) in [6.45, 7) is 4.96. The summed E-state index contributed by atoms with van der Waals surface area (Å²) in [5.74, 6) is -0.326. The second kappa shape index (κ2) is 10.0. The molecule has 4 heterocycles. The molecular weight excluding hydrogens is 539 g/mol. The van der Waals surface area contributed by atoms with Crippen LogP contribution in [0.2, 0.25) is 0 Å². The average molecular weight is 563 g/mol. The predicted molar refractivity (Wildman–Crippen MR) is 133 cm³/mol. The number of esters is 1. The van der Waals surface area contributed by atoms with Crippen LogP contribution >= 0.6 is 27.3 Å². The van der Waals surface area contributed by atoms with Crippen LogP contribution in [0.4, 0.5) is 9.18 Å². The van der Waals surface area contributed by atoms with Gasteiger partial charge in [-0.2, -0.15) is 0 Å². The van der Waals surface area contributed by atoms with Crippen molar-refractivity contribution >= 4 is 45.1 Å². The maximum absolute atomic E-state index is 13.9. The number of rotatable bonds is 6. The van der Waals surface area contributed by atoms with Crippen LogP contribution in [0, 0.1) is 5.82 Å². The van der Waals surface area contributed by atoms with Gasteiger partial charge in [-0.05, 0) is 24.6 Å². The van der Waals surface area contributed by atoms with E-state index in [0.717, 1.165) is 0 Å². The molecule has 2 atom stereocenters. The monoisotopic (exact) mass is 562 g/mol. The van der Waals surface area contributed by atoms with E-state index in [0.29, 0.717) is 64.9 Å². The van der Waals surface area contributed by atoms with Gasteiger partial charge in [0.2, 0.25) is 0 Å². The predicted octanol–water partition coefficient (Wildman–Crippen LogP) is 2.66. The quantitative estimate of drug-likeness (QED) is 0.525. The SMILES string of the molecule is CCOC(=O)C1=C(CN2CCN3C(=O)NC[C@@H]3C2)NC(c2nccs2)=N[C@H]1c1ccc(F)cc1Br. The summed E-state index contributed by atoms with van der Waals surface area (Å²) in [6, 6.07) is 3.69. The van der Waals surface area contributed by atoms with Gasteiger partial charge in [0.25, 0.3) is 0 Å². The summed E-state index contributed by atoms with van der Waals surface area (Å²) in [6.07, 6.45) is 1.70. The molecule has 1 aromatic heterocycles. The Kier molecular flexibility index (Phi) is 6.85. The number of urea groups is 1. The number of halogens is 2. The highest BCUT2D eigenvalue weighted by Crippen LogP contribution is 2.37. The normalized spacial score (nSPS) is 22.4. The fourth-order valence-electron chi connectivity index (χ4n) is 4.60. The van der Waals surface area contributed by atoms with Gasteiger partial charge in [-0.1, -0.05) is 22.0 Å². The summed E-state index contributed by atoms with van der Waals surface area (Å²) in [5, 5.41) is 8.77. The Morgan fingerprint density at radius 2 is 2.23 bits per heavy atom. The molecule has 12 heteroatoms. The van der Waals surface area contributed by atoms with Gasteiger partial charge in [0.05, 0.1) is 18.2 Å². The zero-order valence-electron chi connectivity index (χ0n) is 19.0. The zero-order valence-corrected chi connectivity index (χ0v) is 21.4. The Hall–Kier alpha value is -2.83. The van der Waals surface area contributed by atoms with E-state index in [9.17, 15) is 14.0 Å². The Morgan fingerprint density at radius 3 is 2.97 bits per heavy atom. The van der Waals surface area contributed by atoms with E-state index in [-0.39, 0.29) is 18.7 Å². The minimum Gasteiger partial charge on any atom is -0.463 e. The van der Waals surface area contributed by atoms with Gasteiger partial charge < -0.3 is 20.3 Å². The lowest BCUT2D eigenvalue weighted by Crippen LogP contribution is -2.53. The van der Waals surface area contributed by atoms with Gasteiger partial charge in [0.15, 0.2) is 10.8 Å². The topological polar surface area (TPSA) is 99.2 Å². The molecule has 35 heavy (non-hydrogen) atoms. The van der Waals surface area contributed by atoms with Crippen molar-refractivity contribution in [3.05, 3.63) is 61.9 Å². The molecule has 1 aromatic carbocycles. The van der Waals surface area contributed by atoms with Crippen molar-refractivity contribution in [3.63, 3.8) is 0 Å². The van der Waals surface area contributed by atoms with Crippen molar-refractivity contribution in [3.8, 4) is 0 Å². The van der Waals surface area contributed by atoms with Gasteiger partial charge in [-0.3, -0.25) is 9.89 Å². The highest BCUT2D eigenvalue weighted by molar-refractivity contribution is 9.10. The highest BCUT2D eigenvalue weighted by atomic mass is 79.9. The number of benzene rings is 1. The van der Waals surface area contributed by atoms with Crippen molar-refractivity contribution in [1.82, 2.24) is 25.4 Å². The Morgan fingerprint density at radius 1 is 1.37 bits per heavy atom. The summed E-state index contributed by atoms with van der Waals surface area (Å²) < 4.78 is 19.8. The number of nitrogens with one attached hydrogen (secondary N) is 2. The molecule has 0 bridgehead atoms. The van der Waals surface area contributed by atoms with E-state index in [4.69, 9.17) is 9.73 Å². The van der Waals surface area contributed by atoms with Crippen LogP contribution in [-0.2, 0) is 9.53 Å². The van der Waals surface area contributed by atoms with Crippen molar-refractivity contribution in [1.29, 1.82) is 0 Å². The number of thiazole rings is 1. The molecule has 5 rings (SSSR count). The van der Waals surface area contributed by atoms with E-state index >= 15 is 0 Å². The molecule has 0 aliphatic carbocycles. The molecule has 3 aliphatic rings. The lowest BCUT2D eigenvalue weighted by molar-refractivity contribution is -0.139. The third kappa shape index (κ3) is 4.82. The second-order valence-electron chi connectivity index (χ2n) is 8.39. The molecule has 2 amide bonds. The number of aromatic nitrogens is 1. The number of ether oxygens (including phenoxy) is 1. The van der Waals surface area contributed by atoms with E-state index in [1.54, 1.807) is 19.2 Å². The van der Waals surface area contributed by atoms with E-state index in [1.165, 1.54) is 23.5 Å². The Bertz CT molecular complexity index is 1200. The van der Waals surface area contributed by atoms with Crippen LogP contribution in [-0.4, -0.2) is 78.0 Å². The van der Waals surface area contributed by atoms with Gasteiger partial charge in [-0.25, -0.2) is 19.0 Å². The van der Waals surface area contributed by atoms with Gasteiger partial charge in [0.1, 0.15) is 11.9 Å². The summed E-state index contributed by atoms with van der Waals surface area (Å²) in [5.41, 5.74) is 1.69. The molecule has 0 spiro atoms. The molecule has 0 unspecified atom stereocenters. The molecule has 2 saturated heterocycles. The number of fused-ring (bicyclic) bond motifs is 1. The number of amidine groups is 1. The van der Waals surface area contributed by atoms with Crippen molar-refractivity contribution < 1.29 is 18.7 Å². The lowest BCUT2D eigenvalue weighted by atomic mass is 9.95. The first-order valence-electron chi connectivity index (χ1n) is 11.3. The van der Waals surface area contributed by atoms with Crippen LogP contribution < -0.4 is 10.6 Å². The molecule has 2 N–H and O–H groups in total.